The number of nitrogens with one attached hydrogen (secondary N) is 2. The molecule has 3 heterocycles. The fourth-order valence-corrected chi connectivity index (χ4v) is 4.59. The van der Waals surface area contributed by atoms with Crippen molar-refractivity contribution in [1.82, 2.24) is 15.5 Å². The fraction of sp³-hybridized carbons (Fsp3) is 0.667. The predicted molar refractivity (Wildman–Crippen MR) is 107 cm³/mol. The third-order valence-corrected chi connectivity index (χ3v) is 6.52. The van der Waals surface area contributed by atoms with Crippen molar-refractivity contribution in [2.45, 2.75) is 44.2 Å². The van der Waals surface area contributed by atoms with Gasteiger partial charge in [-0.2, -0.15) is 0 Å². The van der Waals surface area contributed by atoms with Gasteiger partial charge in [0.25, 0.3) is 0 Å². The van der Waals surface area contributed by atoms with Crippen LogP contribution in [0.2, 0.25) is 5.02 Å². The van der Waals surface area contributed by atoms with Gasteiger partial charge in [-0.1, -0.05) is 23.7 Å². The summed E-state index contributed by atoms with van der Waals surface area (Å²) in [6.07, 6.45) is 5.63. The zero-order valence-electron chi connectivity index (χ0n) is 15.9. The SMILES string of the molecule is O=C(NC1CCN(CC2CCCO2)CC1)C1(Cc2ccc(Cl)cc2)CNC1. The van der Waals surface area contributed by atoms with Crippen molar-refractivity contribution in [3.63, 3.8) is 0 Å². The number of ether oxygens (including phenoxy) is 1. The van der Waals surface area contributed by atoms with Crippen molar-refractivity contribution in [1.29, 1.82) is 0 Å². The average Bonchev–Trinajstić information content (AvgIpc) is 3.14. The highest BCUT2D eigenvalue weighted by molar-refractivity contribution is 6.30. The number of rotatable bonds is 6. The summed E-state index contributed by atoms with van der Waals surface area (Å²) in [6, 6.07) is 8.15. The minimum Gasteiger partial charge on any atom is -0.377 e. The highest BCUT2D eigenvalue weighted by atomic mass is 35.5. The van der Waals surface area contributed by atoms with Gasteiger partial charge in [0.05, 0.1) is 11.5 Å². The van der Waals surface area contributed by atoms with E-state index in [2.05, 4.69) is 15.5 Å². The van der Waals surface area contributed by atoms with E-state index in [4.69, 9.17) is 16.3 Å². The Labute approximate surface area is 166 Å². The molecule has 6 heteroatoms. The molecule has 0 aliphatic carbocycles. The first-order chi connectivity index (χ1) is 13.1. The van der Waals surface area contributed by atoms with E-state index < -0.39 is 0 Å². The molecule has 1 aromatic carbocycles. The molecule has 0 aromatic heterocycles. The molecule has 3 saturated heterocycles. The van der Waals surface area contributed by atoms with E-state index in [0.717, 1.165) is 63.6 Å². The molecule has 0 bridgehead atoms. The summed E-state index contributed by atoms with van der Waals surface area (Å²) in [5, 5.41) is 7.37. The summed E-state index contributed by atoms with van der Waals surface area (Å²) >= 11 is 5.98. The van der Waals surface area contributed by atoms with E-state index in [1.165, 1.54) is 18.4 Å². The molecule has 0 saturated carbocycles. The smallest absolute Gasteiger partial charge is 0.229 e. The molecule has 27 heavy (non-hydrogen) atoms. The summed E-state index contributed by atoms with van der Waals surface area (Å²) in [4.78, 5) is 15.5. The first-order valence-electron chi connectivity index (χ1n) is 10.2. The van der Waals surface area contributed by atoms with E-state index in [1.807, 2.05) is 24.3 Å². The zero-order chi connectivity index (χ0) is 18.7. The van der Waals surface area contributed by atoms with Gasteiger partial charge in [0.2, 0.25) is 5.91 Å². The van der Waals surface area contributed by atoms with Gasteiger partial charge in [-0.25, -0.2) is 0 Å². The summed E-state index contributed by atoms with van der Waals surface area (Å²) in [5.41, 5.74) is 0.852. The Kier molecular flexibility index (Phi) is 6.02. The van der Waals surface area contributed by atoms with Gasteiger partial charge in [0.1, 0.15) is 0 Å². The molecule has 3 fully saturated rings. The van der Waals surface area contributed by atoms with Crippen LogP contribution in [0.15, 0.2) is 24.3 Å². The molecule has 0 radical (unpaired) electrons. The van der Waals surface area contributed by atoms with E-state index in [9.17, 15) is 4.79 Å². The van der Waals surface area contributed by atoms with Gasteiger partial charge in [-0.3, -0.25) is 4.79 Å². The summed E-state index contributed by atoms with van der Waals surface area (Å²) in [6.45, 7) is 5.56. The fourth-order valence-electron chi connectivity index (χ4n) is 4.46. The Morgan fingerprint density at radius 1 is 1.22 bits per heavy atom. The van der Waals surface area contributed by atoms with Crippen LogP contribution in [0, 0.1) is 5.41 Å². The Bertz CT molecular complexity index is 633. The van der Waals surface area contributed by atoms with Crippen molar-refractivity contribution in [3.8, 4) is 0 Å². The lowest BCUT2D eigenvalue weighted by Crippen LogP contribution is -2.64. The first-order valence-corrected chi connectivity index (χ1v) is 10.6. The van der Waals surface area contributed by atoms with Crippen LogP contribution in [0.3, 0.4) is 0 Å². The van der Waals surface area contributed by atoms with Gasteiger partial charge in [-0.15, -0.1) is 0 Å². The standard InChI is InChI=1S/C21H30ClN3O2/c22-17-5-3-16(4-6-17)12-21(14-23-15-21)20(26)24-18-7-9-25(10-8-18)13-19-2-1-11-27-19/h3-6,18-19,23H,1-2,7-15H2,(H,24,26). The van der Waals surface area contributed by atoms with Crippen LogP contribution in [0.25, 0.3) is 0 Å². The number of carbonyl (C=O) groups is 1. The number of nitrogens with zero attached hydrogens (tertiary/aromatic N) is 1. The molecule has 1 unspecified atom stereocenters. The number of piperidine rings is 1. The quantitative estimate of drug-likeness (QED) is 0.780. The Morgan fingerprint density at radius 2 is 1.96 bits per heavy atom. The molecule has 4 rings (SSSR count). The number of likely N-dealkylation sites (tertiary alicyclic amines) is 1. The normalized spacial score (nSPS) is 25.9. The molecule has 0 spiro atoms. The molecular formula is C21H30ClN3O2. The number of halogens is 1. The van der Waals surface area contributed by atoms with Crippen LogP contribution in [-0.4, -0.2) is 62.3 Å². The van der Waals surface area contributed by atoms with Crippen molar-refractivity contribution in [3.05, 3.63) is 34.9 Å². The van der Waals surface area contributed by atoms with Gasteiger partial charge in [-0.05, 0) is 49.8 Å². The maximum atomic E-state index is 13.0. The summed E-state index contributed by atoms with van der Waals surface area (Å²) in [5.74, 6) is 0.203. The van der Waals surface area contributed by atoms with Crippen LogP contribution in [0.5, 0.6) is 0 Å². The second-order valence-corrected chi connectivity index (χ2v) is 8.81. The zero-order valence-corrected chi connectivity index (χ0v) is 16.6. The number of carbonyl (C=O) groups excluding carboxylic acids is 1. The van der Waals surface area contributed by atoms with E-state index in [1.54, 1.807) is 0 Å². The van der Waals surface area contributed by atoms with Gasteiger partial charge in [0, 0.05) is 50.4 Å². The molecule has 1 atom stereocenters. The van der Waals surface area contributed by atoms with Gasteiger partial charge >= 0.3 is 0 Å². The molecule has 5 nitrogen and oxygen atoms in total. The monoisotopic (exact) mass is 391 g/mol. The van der Waals surface area contributed by atoms with E-state index >= 15 is 0 Å². The third-order valence-electron chi connectivity index (χ3n) is 6.27. The van der Waals surface area contributed by atoms with Crippen molar-refractivity contribution < 1.29 is 9.53 Å². The van der Waals surface area contributed by atoms with Crippen molar-refractivity contribution >= 4 is 17.5 Å². The maximum absolute atomic E-state index is 13.0. The molecule has 3 aliphatic rings. The molecular weight excluding hydrogens is 362 g/mol. The van der Waals surface area contributed by atoms with E-state index in [0.29, 0.717) is 12.1 Å². The minimum absolute atomic E-state index is 0.203. The van der Waals surface area contributed by atoms with Gasteiger partial charge < -0.3 is 20.3 Å². The topological polar surface area (TPSA) is 53.6 Å². The lowest BCUT2D eigenvalue weighted by molar-refractivity contribution is -0.135. The highest BCUT2D eigenvalue weighted by Crippen LogP contribution is 2.29. The average molecular weight is 392 g/mol. The van der Waals surface area contributed by atoms with Gasteiger partial charge in [0.15, 0.2) is 0 Å². The first kappa shape index (κ1) is 19.2. The Balaban J connectivity index is 1.27. The molecule has 1 amide bonds. The second kappa shape index (κ2) is 8.48. The highest BCUT2D eigenvalue weighted by Gasteiger charge is 2.44. The minimum atomic E-state index is -0.317. The van der Waals surface area contributed by atoms with Crippen LogP contribution in [0.4, 0.5) is 0 Å². The molecule has 3 aliphatic heterocycles. The summed E-state index contributed by atoms with van der Waals surface area (Å²) in [7, 11) is 0. The number of hydrogen-bond donors (Lipinski definition) is 2. The van der Waals surface area contributed by atoms with Crippen LogP contribution >= 0.6 is 11.6 Å². The lowest BCUT2D eigenvalue weighted by Gasteiger charge is -2.43. The predicted octanol–water partition coefficient (Wildman–Crippen LogP) is 2.23. The largest absolute Gasteiger partial charge is 0.377 e. The van der Waals surface area contributed by atoms with Crippen LogP contribution < -0.4 is 10.6 Å². The van der Waals surface area contributed by atoms with E-state index in [-0.39, 0.29) is 11.3 Å². The van der Waals surface area contributed by atoms with Crippen LogP contribution in [-0.2, 0) is 16.0 Å². The van der Waals surface area contributed by atoms with Crippen LogP contribution in [0.1, 0.15) is 31.2 Å². The molecule has 1 aromatic rings. The lowest BCUT2D eigenvalue weighted by atomic mass is 9.75. The second-order valence-electron chi connectivity index (χ2n) is 8.37. The number of benzene rings is 1. The summed E-state index contributed by atoms with van der Waals surface area (Å²) < 4.78 is 5.75. The number of amides is 1. The van der Waals surface area contributed by atoms with Crippen molar-refractivity contribution in [2.75, 3.05) is 39.3 Å². The van der Waals surface area contributed by atoms with Crippen molar-refractivity contribution in [2.24, 2.45) is 5.41 Å². The third kappa shape index (κ3) is 4.65. The Hall–Kier alpha value is -1.14. The molecule has 2 N–H and O–H groups in total. The number of hydrogen-bond acceptors (Lipinski definition) is 4. The maximum Gasteiger partial charge on any atom is 0.229 e. The molecule has 148 valence electrons. The Morgan fingerprint density at radius 3 is 2.56 bits per heavy atom.